The first-order chi connectivity index (χ1) is 21.4. The Morgan fingerprint density at radius 3 is 2.07 bits per heavy atom. The second-order valence-corrected chi connectivity index (χ2v) is 14.1. The average Bonchev–Trinajstić information content (AvgIpc) is 3.55. The van der Waals surface area contributed by atoms with E-state index >= 15 is 0 Å². The highest BCUT2D eigenvalue weighted by atomic mass is 32.2. The molecule has 0 saturated heterocycles. The molecule has 0 amide bonds. The number of thioether (sulfide) groups is 1. The predicted octanol–water partition coefficient (Wildman–Crippen LogP) is 6.88. The van der Waals surface area contributed by atoms with Crippen LogP contribution in [0.4, 0.5) is 0 Å². The highest BCUT2D eigenvalue weighted by Crippen LogP contribution is 2.51. The molecular formula is C36H33N3O3S2. The van der Waals surface area contributed by atoms with Crippen LogP contribution in [0.15, 0.2) is 122 Å². The highest BCUT2D eigenvalue weighted by Gasteiger charge is 2.44. The Balaban J connectivity index is 1.55. The van der Waals surface area contributed by atoms with Crippen LogP contribution >= 0.6 is 11.8 Å². The van der Waals surface area contributed by atoms with Gasteiger partial charge in [0.2, 0.25) is 0 Å². The number of fused-ring (bicyclic) bond motifs is 1. The number of nitriles is 1. The number of nitrogens with zero attached hydrogens (tertiary/aromatic N) is 3. The summed E-state index contributed by atoms with van der Waals surface area (Å²) in [4.78, 5) is 5.14. The van der Waals surface area contributed by atoms with Gasteiger partial charge in [-0.3, -0.25) is 4.18 Å². The summed E-state index contributed by atoms with van der Waals surface area (Å²) in [5, 5.41) is 9.61. The Labute approximate surface area is 263 Å². The molecule has 1 aromatic heterocycles. The molecule has 8 heteroatoms. The maximum atomic E-state index is 11.7. The van der Waals surface area contributed by atoms with E-state index in [9.17, 15) is 13.7 Å². The number of rotatable bonds is 10. The molecule has 6 nitrogen and oxygen atoms in total. The van der Waals surface area contributed by atoms with Gasteiger partial charge in [0.1, 0.15) is 5.54 Å². The monoisotopic (exact) mass is 619 g/mol. The van der Waals surface area contributed by atoms with Crippen molar-refractivity contribution < 1.29 is 12.6 Å². The minimum atomic E-state index is -3.56. The third kappa shape index (κ3) is 5.59. The van der Waals surface area contributed by atoms with Crippen LogP contribution in [0.5, 0.6) is 0 Å². The van der Waals surface area contributed by atoms with Gasteiger partial charge in [0.15, 0.2) is 0 Å². The zero-order valence-electron chi connectivity index (χ0n) is 24.5. The van der Waals surface area contributed by atoms with Crippen LogP contribution in [0.1, 0.15) is 51.9 Å². The number of hydrogen-bond donors (Lipinski definition) is 0. The third-order valence-corrected chi connectivity index (χ3v) is 10.4. The van der Waals surface area contributed by atoms with Gasteiger partial charge in [-0.2, -0.15) is 13.7 Å². The summed E-state index contributed by atoms with van der Waals surface area (Å²) in [6.45, 7) is 0.0690. The lowest BCUT2D eigenvalue weighted by molar-refractivity contribution is 0.345. The zero-order chi connectivity index (χ0) is 30.6. The lowest BCUT2D eigenvalue weighted by Gasteiger charge is -2.39. The number of aryl methyl sites for hydroxylation is 1. The first-order valence-corrected chi connectivity index (χ1v) is 17.4. The lowest BCUT2D eigenvalue weighted by Crippen LogP contribution is -2.37. The average molecular weight is 620 g/mol. The molecule has 1 aliphatic rings. The Morgan fingerprint density at radius 2 is 1.52 bits per heavy atom. The molecule has 1 heterocycles. The second-order valence-electron chi connectivity index (χ2n) is 11.0. The minimum absolute atomic E-state index is 0.0690. The van der Waals surface area contributed by atoms with Crippen molar-refractivity contribution in [3.63, 3.8) is 0 Å². The fourth-order valence-electron chi connectivity index (χ4n) is 6.52. The summed E-state index contributed by atoms with van der Waals surface area (Å²) in [5.74, 6) is 0.459. The second kappa shape index (κ2) is 12.4. The van der Waals surface area contributed by atoms with Gasteiger partial charge in [0, 0.05) is 11.9 Å². The number of imidazole rings is 1. The summed E-state index contributed by atoms with van der Waals surface area (Å²) >= 11 is 1.66. The SMILES string of the molecule is CS(=O)(=O)OCCSC1(c2cn(C(c3ccccc3)(c3ccccc3)c3ccccc3)cn2)CCCc2cc(C#N)ccc21. The van der Waals surface area contributed by atoms with Crippen molar-refractivity contribution in [1.29, 1.82) is 5.26 Å². The van der Waals surface area contributed by atoms with E-state index in [-0.39, 0.29) is 6.61 Å². The molecule has 1 aliphatic carbocycles. The normalized spacial score (nSPS) is 16.6. The van der Waals surface area contributed by atoms with Crippen LogP contribution in [0, 0.1) is 11.3 Å². The van der Waals surface area contributed by atoms with Gasteiger partial charge >= 0.3 is 0 Å². The fraction of sp³-hybridized carbons (Fsp3) is 0.222. The van der Waals surface area contributed by atoms with Gasteiger partial charge in [0.25, 0.3) is 10.1 Å². The van der Waals surface area contributed by atoms with Crippen LogP contribution < -0.4 is 0 Å². The van der Waals surface area contributed by atoms with Gasteiger partial charge in [-0.15, -0.1) is 11.8 Å². The molecular weight excluding hydrogens is 587 g/mol. The molecule has 1 atom stereocenters. The van der Waals surface area contributed by atoms with Crippen molar-refractivity contribution in [3.8, 4) is 6.07 Å². The fourth-order valence-corrected chi connectivity index (χ4v) is 8.42. The summed E-state index contributed by atoms with van der Waals surface area (Å²) in [6, 6.07) is 39.6. The molecule has 6 rings (SSSR count). The smallest absolute Gasteiger partial charge is 0.264 e. The Kier molecular flexibility index (Phi) is 8.46. The van der Waals surface area contributed by atoms with Crippen molar-refractivity contribution in [2.75, 3.05) is 18.6 Å². The Morgan fingerprint density at radius 1 is 0.932 bits per heavy atom. The molecule has 0 N–H and O–H groups in total. The summed E-state index contributed by atoms with van der Waals surface area (Å²) in [6.07, 6.45) is 7.76. The van der Waals surface area contributed by atoms with Gasteiger partial charge < -0.3 is 4.57 Å². The van der Waals surface area contributed by atoms with Crippen molar-refractivity contribution in [3.05, 3.63) is 161 Å². The maximum Gasteiger partial charge on any atom is 0.264 e. The molecule has 1 unspecified atom stereocenters. The van der Waals surface area contributed by atoms with Crippen LogP contribution in [0.3, 0.4) is 0 Å². The molecule has 0 aliphatic heterocycles. The molecule has 5 aromatic rings. The summed E-state index contributed by atoms with van der Waals surface area (Å²) < 4.78 is 30.3. The maximum absolute atomic E-state index is 11.7. The molecule has 222 valence electrons. The zero-order valence-corrected chi connectivity index (χ0v) is 26.1. The van der Waals surface area contributed by atoms with Crippen LogP contribution in [-0.4, -0.2) is 36.6 Å². The molecule has 4 aromatic carbocycles. The lowest BCUT2D eigenvalue weighted by atomic mass is 9.76. The van der Waals surface area contributed by atoms with Crippen LogP contribution in [0.2, 0.25) is 0 Å². The standard InChI is InChI=1S/C36H33N3O3S2/c1-44(40,41)42-22-23-43-35(21-11-12-29-24-28(25-37)19-20-33(29)35)34-26-39(27-38-34)36(30-13-5-2-6-14-30,31-15-7-3-8-16-31)32-17-9-4-10-18-32/h2-10,13-20,24,26-27H,11-12,21-23H2,1H3. The molecule has 44 heavy (non-hydrogen) atoms. The summed E-state index contributed by atoms with van der Waals surface area (Å²) in [5.41, 5.74) is 6.37. The van der Waals surface area contributed by atoms with Crippen molar-refractivity contribution in [2.45, 2.75) is 29.5 Å². The van der Waals surface area contributed by atoms with Crippen molar-refractivity contribution >= 4 is 21.9 Å². The first-order valence-electron chi connectivity index (χ1n) is 14.6. The van der Waals surface area contributed by atoms with E-state index in [4.69, 9.17) is 9.17 Å². The Bertz CT molecular complexity index is 1790. The van der Waals surface area contributed by atoms with Gasteiger partial charge in [-0.1, -0.05) is 97.1 Å². The molecule has 0 bridgehead atoms. The minimum Gasteiger partial charge on any atom is -0.319 e. The Hall–Kier alpha value is -4.16. The van der Waals surface area contributed by atoms with Crippen molar-refractivity contribution in [1.82, 2.24) is 9.55 Å². The topological polar surface area (TPSA) is 85.0 Å². The molecule has 0 saturated carbocycles. The number of benzene rings is 4. The number of hydrogen-bond acceptors (Lipinski definition) is 6. The highest BCUT2D eigenvalue weighted by molar-refractivity contribution is 8.00. The van der Waals surface area contributed by atoms with Gasteiger partial charge in [-0.05, 0) is 59.2 Å². The van der Waals surface area contributed by atoms with E-state index in [0.29, 0.717) is 11.3 Å². The molecule has 0 spiro atoms. The van der Waals surface area contributed by atoms with E-state index in [1.807, 2.05) is 36.7 Å². The predicted molar refractivity (Wildman–Crippen MR) is 175 cm³/mol. The van der Waals surface area contributed by atoms with Crippen molar-refractivity contribution in [2.24, 2.45) is 0 Å². The molecule has 0 radical (unpaired) electrons. The van der Waals surface area contributed by atoms with E-state index in [0.717, 1.165) is 59.0 Å². The van der Waals surface area contributed by atoms with E-state index in [1.54, 1.807) is 11.8 Å². The number of aromatic nitrogens is 2. The van der Waals surface area contributed by atoms with E-state index < -0.39 is 20.4 Å². The van der Waals surface area contributed by atoms with Gasteiger partial charge in [0.05, 0.1) is 41.3 Å². The summed E-state index contributed by atoms with van der Waals surface area (Å²) in [7, 11) is -3.56. The van der Waals surface area contributed by atoms with E-state index in [2.05, 4.69) is 95.7 Å². The van der Waals surface area contributed by atoms with Crippen LogP contribution in [-0.2, 0) is 31.0 Å². The third-order valence-electron chi connectivity index (χ3n) is 8.33. The van der Waals surface area contributed by atoms with Crippen LogP contribution in [0.25, 0.3) is 0 Å². The first kappa shape index (κ1) is 29.9. The largest absolute Gasteiger partial charge is 0.319 e. The van der Waals surface area contributed by atoms with Gasteiger partial charge in [-0.25, -0.2) is 4.98 Å². The molecule has 0 fully saturated rings. The van der Waals surface area contributed by atoms with E-state index in [1.165, 1.54) is 0 Å². The quantitative estimate of drug-likeness (QED) is 0.0962.